The van der Waals surface area contributed by atoms with Gasteiger partial charge in [-0.05, 0) is 17.7 Å². The standard InChI is InChI=1S/C12H12ClN3O2/c1-18-12(17)10-7-16(15-11(10)14)6-8-2-4-9(13)5-3-8/h2-5,7H,6H2,1H3,(H2,14,15). The minimum atomic E-state index is -0.491. The quantitative estimate of drug-likeness (QED) is 0.861. The molecule has 94 valence electrons. The Labute approximate surface area is 109 Å². The van der Waals surface area contributed by atoms with E-state index in [2.05, 4.69) is 9.84 Å². The Kier molecular flexibility index (Phi) is 3.53. The molecule has 1 aromatic heterocycles. The normalized spacial score (nSPS) is 10.3. The molecule has 0 saturated heterocycles. The molecule has 0 saturated carbocycles. The number of nitrogen functional groups attached to an aromatic ring is 1. The zero-order valence-electron chi connectivity index (χ0n) is 9.76. The van der Waals surface area contributed by atoms with Gasteiger partial charge in [0.2, 0.25) is 0 Å². The summed E-state index contributed by atoms with van der Waals surface area (Å²) in [6.45, 7) is 0.512. The summed E-state index contributed by atoms with van der Waals surface area (Å²) in [5, 5.41) is 4.73. The van der Waals surface area contributed by atoms with E-state index in [0.29, 0.717) is 11.6 Å². The second-order valence-corrected chi connectivity index (χ2v) is 4.18. The number of esters is 1. The average Bonchev–Trinajstić information content (AvgIpc) is 2.72. The lowest BCUT2D eigenvalue weighted by atomic mass is 10.2. The van der Waals surface area contributed by atoms with E-state index in [9.17, 15) is 4.79 Å². The molecule has 2 aromatic rings. The number of rotatable bonds is 3. The number of hydrogen-bond acceptors (Lipinski definition) is 4. The minimum absolute atomic E-state index is 0.163. The molecule has 18 heavy (non-hydrogen) atoms. The van der Waals surface area contributed by atoms with Gasteiger partial charge in [0.05, 0.1) is 13.7 Å². The van der Waals surface area contributed by atoms with Crippen LogP contribution in [-0.2, 0) is 11.3 Å². The maximum atomic E-state index is 11.4. The zero-order chi connectivity index (χ0) is 13.1. The molecule has 0 radical (unpaired) electrons. The molecule has 2 N–H and O–H groups in total. The van der Waals surface area contributed by atoms with Crippen LogP contribution in [0.5, 0.6) is 0 Å². The Morgan fingerprint density at radius 3 is 2.72 bits per heavy atom. The summed E-state index contributed by atoms with van der Waals surface area (Å²) in [6, 6.07) is 7.37. The molecular formula is C12H12ClN3O2. The van der Waals surface area contributed by atoms with E-state index >= 15 is 0 Å². The van der Waals surface area contributed by atoms with Gasteiger partial charge < -0.3 is 10.5 Å². The van der Waals surface area contributed by atoms with E-state index in [1.165, 1.54) is 7.11 Å². The number of halogens is 1. The Bertz CT molecular complexity index is 563. The molecule has 0 unspecified atom stereocenters. The number of nitrogens with two attached hydrogens (primary N) is 1. The fraction of sp³-hybridized carbons (Fsp3) is 0.167. The highest BCUT2D eigenvalue weighted by molar-refractivity contribution is 6.30. The molecule has 1 aromatic carbocycles. The molecule has 2 rings (SSSR count). The van der Waals surface area contributed by atoms with Gasteiger partial charge in [-0.25, -0.2) is 4.79 Å². The van der Waals surface area contributed by atoms with Crippen LogP contribution in [0.15, 0.2) is 30.5 Å². The molecule has 0 aliphatic heterocycles. The largest absolute Gasteiger partial charge is 0.465 e. The third-order valence-corrected chi connectivity index (χ3v) is 2.71. The van der Waals surface area contributed by atoms with Gasteiger partial charge in [0.1, 0.15) is 5.56 Å². The monoisotopic (exact) mass is 265 g/mol. The van der Waals surface area contributed by atoms with E-state index in [0.717, 1.165) is 5.56 Å². The molecule has 0 atom stereocenters. The minimum Gasteiger partial charge on any atom is -0.465 e. The van der Waals surface area contributed by atoms with Crippen molar-refractivity contribution in [2.75, 3.05) is 12.8 Å². The maximum absolute atomic E-state index is 11.4. The number of ether oxygens (including phenoxy) is 1. The predicted octanol–water partition coefficient (Wildman–Crippen LogP) is 1.95. The van der Waals surface area contributed by atoms with Crippen molar-refractivity contribution in [3.63, 3.8) is 0 Å². The van der Waals surface area contributed by atoms with Gasteiger partial charge in [-0.2, -0.15) is 5.10 Å². The van der Waals surface area contributed by atoms with Crippen LogP contribution in [-0.4, -0.2) is 22.9 Å². The SMILES string of the molecule is COC(=O)c1cn(Cc2ccc(Cl)cc2)nc1N. The number of aromatic nitrogens is 2. The molecule has 0 aliphatic carbocycles. The number of benzene rings is 1. The van der Waals surface area contributed by atoms with Crippen molar-refractivity contribution in [3.05, 3.63) is 46.6 Å². The van der Waals surface area contributed by atoms with E-state index in [-0.39, 0.29) is 11.4 Å². The topological polar surface area (TPSA) is 70.1 Å². The van der Waals surface area contributed by atoms with Crippen LogP contribution in [0, 0.1) is 0 Å². The second-order valence-electron chi connectivity index (χ2n) is 3.74. The number of hydrogen-bond donors (Lipinski definition) is 1. The number of carbonyl (C=O) groups is 1. The molecule has 1 heterocycles. The number of anilines is 1. The van der Waals surface area contributed by atoms with Crippen LogP contribution in [0.3, 0.4) is 0 Å². The van der Waals surface area contributed by atoms with Crippen molar-refractivity contribution in [1.29, 1.82) is 0 Å². The highest BCUT2D eigenvalue weighted by Crippen LogP contribution is 2.14. The molecular weight excluding hydrogens is 254 g/mol. The van der Waals surface area contributed by atoms with Crippen molar-refractivity contribution in [1.82, 2.24) is 9.78 Å². The molecule has 0 spiro atoms. The Morgan fingerprint density at radius 2 is 2.11 bits per heavy atom. The summed E-state index contributed by atoms with van der Waals surface area (Å²) >= 11 is 5.80. The van der Waals surface area contributed by atoms with Gasteiger partial charge in [-0.3, -0.25) is 4.68 Å². The van der Waals surface area contributed by atoms with Crippen molar-refractivity contribution < 1.29 is 9.53 Å². The van der Waals surface area contributed by atoms with Gasteiger partial charge in [-0.1, -0.05) is 23.7 Å². The molecule has 0 aliphatic rings. The lowest BCUT2D eigenvalue weighted by molar-refractivity contribution is 0.0602. The first-order valence-corrected chi connectivity index (χ1v) is 5.63. The van der Waals surface area contributed by atoms with Crippen LogP contribution >= 0.6 is 11.6 Å². The van der Waals surface area contributed by atoms with Gasteiger partial charge in [0, 0.05) is 11.2 Å². The highest BCUT2D eigenvalue weighted by atomic mass is 35.5. The molecule has 6 heteroatoms. The zero-order valence-corrected chi connectivity index (χ0v) is 10.5. The summed E-state index contributed by atoms with van der Waals surface area (Å²) < 4.78 is 6.19. The lowest BCUT2D eigenvalue weighted by Gasteiger charge is -2.01. The van der Waals surface area contributed by atoms with Gasteiger partial charge >= 0.3 is 5.97 Å². The van der Waals surface area contributed by atoms with Crippen LogP contribution in [0.1, 0.15) is 15.9 Å². The second kappa shape index (κ2) is 5.10. The Morgan fingerprint density at radius 1 is 1.44 bits per heavy atom. The van der Waals surface area contributed by atoms with Gasteiger partial charge in [0.25, 0.3) is 0 Å². The highest BCUT2D eigenvalue weighted by Gasteiger charge is 2.14. The van der Waals surface area contributed by atoms with E-state index in [1.807, 2.05) is 12.1 Å². The lowest BCUT2D eigenvalue weighted by Crippen LogP contribution is -2.02. The number of methoxy groups -OCH3 is 1. The first-order chi connectivity index (χ1) is 8.60. The smallest absolute Gasteiger partial charge is 0.343 e. The van der Waals surface area contributed by atoms with Crippen LogP contribution in [0.4, 0.5) is 5.82 Å². The Balaban J connectivity index is 2.20. The Hall–Kier alpha value is -2.01. The third-order valence-electron chi connectivity index (χ3n) is 2.45. The molecule has 0 fully saturated rings. The van der Waals surface area contributed by atoms with Crippen molar-refractivity contribution in [2.24, 2.45) is 0 Å². The first kappa shape index (κ1) is 12.4. The van der Waals surface area contributed by atoms with Crippen molar-refractivity contribution in [3.8, 4) is 0 Å². The summed E-state index contributed by atoms with van der Waals surface area (Å²) in [6.07, 6.45) is 1.57. The van der Waals surface area contributed by atoms with Crippen LogP contribution in [0.25, 0.3) is 0 Å². The molecule has 5 nitrogen and oxygen atoms in total. The predicted molar refractivity (Wildman–Crippen MR) is 68.5 cm³/mol. The van der Waals surface area contributed by atoms with E-state index in [1.54, 1.807) is 23.0 Å². The van der Waals surface area contributed by atoms with E-state index in [4.69, 9.17) is 17.3 Å². The fourth-order valence-electron chi connectivity index (χ4n) is 1.56. The van der Waals surface area contributed by atoms with Crippen molar-refractivity contribution >= 4 is 23.4 Å². The van der Waals surface area contributed by atoms with Gasteiger partial charge in [0.15, 0.2) is 5.82 Å². The molecule has 0 amide bonds. The van der Waals surface area contributed by atoms with Crippen LogP contribution in [0.2, 0.25) is 5.02 Å². The summed E-state index contributed by atoms with van der Waals surface area (Å²) in [7, 11) is 1.30. The average molecular weight is 266 g/mol. The van der Waals surface area contributed by atoms with Crippen LogP contribution < -0.4 is 5.73 Å². The fourth-order valence-corrected chi connectivity index (χ4v) is 1.69. The molecule has 0 bridgehead atoms. The van der Waals surface area contributed by atoms with Crippen molar-refractivity contribution in [2.45, 2.75) is 6.54 Å². The number of carbonyl (C=O) groups excluding carboxylic acids is 1. The summed E-state index contributed by atoms with van der Waals surface area (Å²) in [5.74, 6) is -0.328. The summed E-state index contributed by atoms with van der Waals surface area (Å²) in [4.78, 5) is 11.4. The van der Waals surface area contributed by atoms with E-state index < -0.39 is 5.97 Å². The number of nitrogens with zero attached hydrogens (tertiary/aromatic N) is 2. The van der Waals surface area contributed by atoms with Gasteiger partial charge in [-0.15, -0.1) is 0 Å². The summed E-state index contributed by atoms with van der Waals surface area (Å²) in [5.41, 5.74) is 6.92. The first-order valence-electron chi connectivity index (χ1n) is 5.26. The third kappa shape index (κ3) is 2.62. The maximum Gasteiger partial charge on any atom is 0.343 e.